The first-order valence-corrected chi connectivity index (χ1v) is 12.6. The summed E-state index contributed by atoms with van der Waals surface area (Å²) in [5.74, 6) is -0.994. The van der Waals surface area contributed by atoms with E-state index in [1.54, 1.807) is 31.2 Å². The molecule has 8 nitrogen and oxygen atoms in total. The van der Waals surface area contributed by atoms with Crippen LogP contribution in [0.4, 0.5) is 31.1 Å². The van der Waals surface area contributed by atoms with Gasteiger partial charge in [0.1, 0.15) is 4.90 Å². The average molecular weight is 555 g/mol. The van der Waals surface area contributed by atoms with Gasteiger partial charge in [0.2, 0.25) is 5.95 Å². The molecule has 0 atom stereocenters. The van der Waals surface area contributed by atoms with Crippen LogP contribution in [0.25, 0.3) is 0 Å². The van der Waals surface area contributed by atoms with Gasteiger partial charge in [-0.1, -0.05) is 43.2 Å². The summed E-state index contributed by atoms with van der Waals surface area (Å²) in [5.41, 5.74) is -1.50. The lowest BCUT2D eigenvalue weighted by Gasteiger charge is -2.40. The maximum Gasteiger partial charge on any atom is 0.354 e. The van der Waals surface area contributed by atoms with E-state index >= 15 is 0 Å². The molecule has 0 aliphatic rings. The van der Waals surface area contributed by atoms with Crippen LogP contribution in [0.15, 0.2) is 63.0 Å². The molecule has 3 rings (SSSR count). The van der Waals surface area contributed by atoms with Crippen LogP contribution < -0.4 is 16.7 Å². The van der Waals surface area contributed by atoms with Gasteiger partial charge in [0.05, 0.1) is 19.6 Å². The fourth-order valence-corrected chi connectivity index (χ4v) is 3.87. The molecule has 0 aliphatic carbocycles. The molecule has 15 heteroatoms. The fourth-order valence-electron chi connectivity index (χ4n) is 3.09. The number of carbonyl (C=O) groups is 1. The second-order valence-corrected chi connectivity index (χ2v) is 10.4. The Bertz CT molecular complexity index is 1390. The van der Waals surface area contributed by atoms with Crippen molar-refractivity contribution >= 4 is 39.4 Å². The molecule has 1 N–H and O–H groups in total. The lowest BCUT2D eigenvalue weighted by atomic mass is 10.2. The van der Waals surface area contributed by atoms with Crippen molar-refractivity contribution in [2.45, 2.75) is 31.3 Å². The van der Waals surface area contributed by atoms with Gasteiger partial charge in [-0.2, -0.15) is 4.98 Å². The van der Waals surface area contributed by atoms with Crippen LogP contribution in [-0.4, -0.2) is 26.7 Å². The largest absolute Gasteiger partial charge is 0.466 e. The Balaban J connectivity index is 2.02. The summed E-state index contributed by atoms with van der Waals surface area (Å²) in [6, 6.07) is 8.11. The zero-order chi connectivity index (χ0) is 26.8. The second kappa shape index (κ2) is 9.24. The van der Waals surface area contributed by atoms with E-state index in [-0.39, 0.29) is 49.9 Å². The highest BCUT2D eigenvalue weighted by Crippen LogP contribution is 3.02. The second-order valence-electron chi connectivity index (χ2n) is 7.54. The lowest BCUT2D eigenvalue weighted by molar-refractivity contribution is -0.143. The molecular weight excluding hydrogens is 535 g/mol. The molecule has 36 heavy (non-hydrogen) atoms. The first kappa shape index (κ1) is 27.2. The highest BCUT2D eigenvalue weighted by Gasteiger charge is 2.65. The summed E-state index contributed by atoms with van der Waals surface area (Å²) in [6.45, 7) is 1.23. The van der Waals surface area contributed by atoms with Crippen molar-refractivity contribution in [1.29, 1.82) is 0 Å². The predicted octanol–water partition coefficient (Wildman–Crippen LogP) is 5.46. The Morgan fingerprint density at radius 1 is 1.00 bits per heavy atom. The Morgan fingerprint density at radius 2 is 1.61 bits per heavy atom. The van der Waals surface area contributed by atoms with Crippen molar-refractivity contribution in [1.82, 2.24) is 14.1 Å². The van der Waals surface area contributed by atoms with Crippen LogP contribution in [0.3, 0.4) is 0 Å². The Labute approximate surface area is 206 Å². The summed E-state index contributed by atoms with van der Waals surface area (Å²) < 4.78 is 71.5. The molecule has 0 bridgehead atoms. The van der Waals surface area contributed by atoms with Gasteiger partial charge in [0.25, 0.3) is 0 Å². The van der Waals surface area contributed by atoms with Gasteiger partial charge in [-0.15, -0.1) is 0 Å². The van der Waals surface area contributed by atoms with Crippen molar-refractivity contribution in [2.75, 3.05) is 11.9 Å². The fraction of sp³-hybridized carbons (Fsp3) is 0.238. The van der Waals surface area contributed by atoms with E-state index in [4.69, 9.17) is 16.3 Å². The summed E-state index contributed by atoms with van der Waals surface area (Å²) in [4.78, 5) is 39.0. The number of aromatic nitrogens is 3. The van der Waals surface area contributed by atoms with Gasteiger partial charge in [0.15, 0.2) is 0 Å². The van der Waals surface area contributed by atoms with Crippen molar-refractivity contribution in [3.63, 3.8) is 0 Å². The maximum absolute atomic E-state index is 13.1. The summed E-state index contributed by atoms with van der Waals surface area (Å²) in [5, 5.41) is 2.95. The molecular formula is C21H20ClF5N4O4S. The molecule has 3 aromatic rings. The summed E-state index contributed by atoms with van der Waals surface area (Å²) in [6.07, 6.45) is -0.284. The number of ether oxygens (including phenoxy) is 1. The number of hydrogen-bond acceptors (Lipinski definition) is 6. The van der Waals surface area contributed by atoms with Crippen LogP contribution in [0.5, 0.6) is 0 Å². The minimum Gasteiger partial charge on any atom is -0.466 e. The van der Waals surface area contributed by atoms with Crippen molar-refractivity contribution in [2.24, 2.45) is 0 Å². The molecule has 0 saturated heterocycles. The zero-order valence-corrected chi connectivity index (χ0v) is 20.2. The first-order valence-electron chi connectivity index (χ1n) is 10.3. The summed E-state index contributed by atoms with van der Waals surface area (Å²) in [7, 11) is -9.88. The quantitative estimate of drug-likeness (QED) is 0.279. The zero-order valence-electron chi connectivity index (χ0n) is 18.6. The van der Waals surface area contributed by atoms with Gasteiger partial charge < -0.3 is 10.1 Å². The predicted molar refractivity (Wildman–Crippen MR) is 126 cm³/mol. The van der Waals surface area contributed by atoms with Crippen molar-refractivity contribution < 1.29 is 29.0 Å². The Morgan fingerprint density at radius 3 is 2.17 bits per heavy atom. The molecule has 1 aromatic heterocycles. The SMILES string of the molecule is CCOC(=O)CCn1c(=O)nc(Nc2ccc(S(F)(F)(F)(F)F)cc2)n(Cc2ccc(Cl)cc2)c1=O. The topological polar surface area (TPSA) is 95.2 Å². The number of esters is 1. The lowest BCUT2D eigenvalue weighted by Crippen LogP contribution is -2.43. The highest BCUT2D eigenvalue weighted by molar-refractivity contribution is 8.45. The number of carbonyl (C=O) groups excluding carboxylic acids is 1. The smallest absolute Gasteiger partial charge is 0.354 e. The van der Waals surface area contributed by atoms with Crippen molar-refractivity contribution in [3.8, 4) is 0 Å². The molecule has 1 heterocycles. The van der Waals surface area contributed by atoms with Crippen molar-refractivity contribution in [3.05, 3.63) is 80.1 Å². The Kier molecular flexibility index (Phi) is 6.98. The van der Waals surface area contributed by atoms with Crippen LogP contribution >= 0.6 is 21.8 Å². The van der Waals surface area contributed by atoms with Gasteiger partial charge in [0, 0.05) is 17.3 Å². The molecule has 0 amide bonds. The third-order valence-corrected chi connectivity index (χ3v) is 6.22. The highest BCUT2D eigenvalue weighted by atomic mass is 35.5. The number of hydrogen-bond donors (Lipinski definition) is 1. The third kappa shape index (κ3) is 6.85. The minimum atomic E-state index is -9.88. The van der Waals surface area contributed by atoms with E-state index in [2.05, 4.69) is 10.3 Å². The van der Waals surface area contributed by atoms with Gasteiger partial charge in [-0.05, 0) is 48.9 Å². The summed E-state index contributed by atoms with van der Waals surface area (Å²) >= 11 is 5.88. The van der Waals surface area contributed by atoms with E-state index in [1.807, 2.05) is 0 Å². The van der Waals surface area contributed by atoms with E-state index in [0.29, 0.717) is 15.2 Å². The standard InChI is InChI=1S/C21H20ClF5N4O4S/c1-2-35-18(32)11-12-30-20(33)29-19(31(21(30)34)13-14-3-5-15(22)6-4-14)28-16-7-9-17(10-8-16)36(23,24,25,26)27/h3-10H,2,11-13H2,1H3,(H,28,29,33). The molecule has 0 unspecified atom stereocenters. The van der Waals surface area contributed by atoms with Crippen LogP contribution in [0.2, 0.25) is 5.02 Å². The number of benzene rings is 2. The van der Waals surface area contributed by atoms with Gasteiger partial charge >= 0.3 is 27.6 Å². The van der Waals surface area contributed by atoms with E-state index in [0.717, 1.165) is 16.7 Å². The molecule has 196 valence electrons. The molecule has 0 spiro atoms. The average Bonchev–Trinajstić information content (AvgIpc) is 2.76. The maximum atomic E-state index is 13.1. The minimum absolute atomic E-state index is 0.108. The van der Waals surface area contributed by atoms with E-state index in [9.17, 15) is 33.8 Å². The normalized spacial score (nSPS) is 13.5. The molecule has 0 fully saturated rings. The Hall–Kier alpha value is -3.39. The van der Waals surface area contributed by atoms with Gasteiger partial charge in [-0.25, -0.2) is 14.2 Å². The third-order valence-electron chi connectivity index (χ3n) is 4.80. The number of nitrogens with zero attached hydrogens (tertiary/aromatic N) is 3. The number of nitrogens with one attached hydrogen (secondary N) is 1. The number of halogens is 6. The first-order chi connectivity index (χ1) is 16.6. The van der Waals surface area contributed by atoms with Gasteiger partial charge in [-0.3, -0.25) is 9.36 Å². The number of rotatable bonds is 9. The van der Waals surface area contributed by atoms with Crippen LogP contribution in [0, 0.1) is 0 Å². The molecule has 2 aromatic carbocycles. The van der Waals surface area contributed by atoms with E-state index < -0.39 is 32.5 Å². The number of anilines is 2. The monoisotopic (exact) mass is 554 g/mol. The molecule has 0 aliphatic heterocycles. The molecule has 0 saturated carbocycles. The van der Waals surface area contributed by atoms with E-state index in [1.165, 1.54) is 0 Å². The van der Waals surface area contributed by atoms with Crippen LogP contribution in [0.1, 0.15) is 18.9 Å². The van der Waals surface area contributed by atoms with Crippen LogP contribution in [-0.2, 0) is 22.6 Å². The molecule has 0 radical (unpaired) electrons.